The van der Waals surface area contributed by atoms with Crippen LogP contribution in [0.5, 0.6) is 5.19 Å². The predicted octanol–water partition coefficient (Wildman–Crippen LogP) is 2.24. The number of likely N-dealkylation sites (tertiary alicyclic amines) is 1. The summed E-state index contributed by atoms with van der Waals surface area (Å²) in [4.78, 5) is 16.8. The summed E-state index contributed by atoms with van der Waals surface area (Å²) in [6.45, 7) is 1.77. The van der Waals surface area contributed by atoms with Crippen molar-refractivity contribution in [3.63, 3.8) is 0 Å². The molecule has 1 fully saturated rings. The van der Waals surface area contributed by atoms with E-state index in [0.29, 0.717) is 30.3 Å². The van der Waals surface area contributed by atoms with Crippen LogP contribution in [-0.4, -0.2) is 49.6 Å². The molecule has 0 radical (unpaired) electrons. The van der Waals surface area contributed by atoms with Crippen LogP contribution >= 0.6 is 11.3 Å². The lowest BCUT2D eigenvalue weighted by Gasteiger charge is -2.31. The molecular weight excluding hydrogens is 319 g/mol. The Balaban J connectivity index is 2.15. The summed E-state index contributed by atoms with van der Waals surface area (Å²) >= 11 is 0.642. The topological polar surface area (TPSA) is 54.5 Å². The molecule has 0 atom stereocenters. The number of nitrogens with zero attached hydrogens (tertiary/aromatic N) is 2. The summed E-state index contributed by atoms with van der Waals surface area (Å²) < 4.78 is 43.7. The highest BCUT2D eigenvalue weighted by atomic mass is 32.1. The van der Waals surface area contributed by atoms with Gasteiger partial charge in [-0.25, -0.2) is 0 Å². The van der Waals surface area contributed by atoms with E-state index in [1.807, 2.05) is 7.05 Å². The van der Waals surface area contributed by atoms with Crippen LogP contribution in [0.1, 0.15) is 28.2 Å². The van der Waals surface area contributed by atoms with Gasteiger partial charge in [-0.1, -0.05) is 11.3 Å². The fourth-order valence-corrected chi connectivity index (χ4v) is 3.37. The highest BCUT2D eigenvalue weighted by Crippen LogP contribution is 2.38. The smallest absolute Gasteiger partial charge is 0.435 e. The minimum absolute atomic E-state index is 0.152. The number of hydrogen-bond donors (Lipinski definition) is 1. The van der Waals surface area contributed by atoms with Gasteiger partial charge in [-0.15, -0.1) is 0 Å². The van der Waals surface area contributed by atoms with Gasteiger partial charge in [0.25, 0.3) is 11.1 Å². The maximum Gasteiger partial charge on any atom is 0.435 e. The summed E-state index contributed by atoms with van der Waals surface area (Å²) in [7, 11) is 3.09. The zero-order chi connectivity index (χ0) is 16.3. The average molecular weight is 337 g/mol. The number of halogens is 3. The van der Waals surface area contributed by atoms with Crippen LogP contribution in [-0.2, 0) is 6.18 Å². The molecule has 2 heterocycles. The highest BCUT2D eigenvalue weighted by Gasteiger charge is 2.41. The Hall–Kier alpha value is -1.35. The van der Waals surface area contributed by atoms with Crippen molar-refractivity contribution < 1.29 is 22.7 Å². The summed E-state index contributed by atoms with van der Waals surface area (Å²) in [6, 6.07) is 0. The second kappa shape index (κ2) is 6.82. The zero-order valence-corrected chi connectivity index (χ0v) is 13.2. The number of thiazole rings is 1. The van der Waals surface area contributed by atoms with Crippen molar-refractivity contribution in [2.45, 2.75) is 19.0 Å². The van der Waals surface area contributed by atoms with E-state index in [9.17, 15) is 18.0 Å². The summed E-state index contributed by atoms with van der Waals surface area (Å²) in [5.41, 5.74) is -1.16. The van der Waals surface area contributed by atoms with Crippen LogP contribution in [0.15, 0.2) is 0 Å². The number of aromatic nitrogens is 1. The first kappa shape index (κ1) is 17.0. The number of alkyl halides is 3. The molecule has 0 bridgehead atoms. The van der Waals surface area contributed by atoms with E-state index in [0.717, 1.165) is 19.4 Å². The van der Waals surface area contributed by atoms with Gasteiger partial charge in [0.05, 0.1) is 7.11 Å². The van der Waals surface area contributed by atoms with Gasteiger partial charge in [0.1, 0.15) is 4.88 Å². The number of nitrogens with one attached hydrogen (secondary N) is 1. The average Bonchev–Trinajstić information content (AvgIpc) is 2.92. The third-order valence-electron chi connectivity index (χ3n) is 3.64. The van der Waals surface area contributed by atoms with E-state index in [2.05, 4.69) is 10.3 Å². The molecule has 1 aliphatic heterocycles. The monoisotopic (exact) mass is 337 g/mol. The standard InChI is InChI=1S/C13H18F3N3O2S/c1-17-7-8-3-5-19(6-4-8)11(20)9-10(13(14,15)16)18-12(21-2)22-9/h8,17H,3-7H2,1-2H3. The molecule has 1 aliphatic rings. The second-order valence-electron chi connectivity index (χ2n) is 5.15. The van der Waals surface area contributed by atoms with E-state index in [4.69, 9.17) is 4.74 Å². The first-order chi connectivity index (χ1) is 10.4. The van der Waals surface area contributed by atoms with Crippen molar-refractivity contribution in [2.24, 2.45) is 5.92 Å². The minimum atomic E-state index is -4.66. The molecule has 5 nitrogen and oxygen atoms in total. The molecule has 22 heavy (non-hydrogen) atoms. The lowest BCUT2D eigenvalue weighted by atomic mass is 9.97. The van der Waals surface area contributed by atoms with Crippen molar-refractivity contribution in [1.29, 1.82) is 0 Å². The van der Waals surface area contributed by atoms with E-state index < -0.39 is 22.7 Å². The largest absolute Gasteiger partial charge is 0.473 e. The van der Waals surface area contributed by atoms with Crippen molar-refractivity contribution in [1.82, 2.24) is 15.2 Å². The van der Waals surface area contributed by atoms with Crippen molar-refractivity contribution >= 4 is 17.2 Å². The number of piperidine rings is 1. The first-order valence-corrected chi connectivity index (χ1v) is 7.74. The quantitative estimate of drug-likeness (QED) is 0.916. The van der Waals surface area contributed by atoms with Crippen LogP contribution < -0.4 is 10.1 Å². The van der Waals surface area contributed by atoms with Crippen molar-refractivity contribution in [2.75, 3.05) is 33.8 Å². The van der Waals surface area contributed by atoms with Crippen LogP contribution in [0.25, 0.3) is 0 Å². The van der Waals surface area contributed by atoms with Gasteiger partial charge in [0.2, 0.25) is 0 Å². The molecule has 0 unspecified atom stereocenters. The summed E-state index contributed by atoms with van der Waals surface area (Å²) in [5.74, 6) is -0.164. The number of hydrogen-bond acceptors (Lipinski definition) is 5. The van der Waals surface area contributed by atoms with Gasteiger partial charge in [-0.2, -0.15) is 18.2 Å². The molecule has 0 aliphatic carbocycles. The van der Waals surface area contributed by atoms with E-state index in [-0.39, 0.29) is 5.19 Å². The normalized spacial score (nSPS) is 16.9. The third kappa shape index (κ3) is 3.70. The highest BCUT2D eigenvalue weighted by molar-refractivity contribution is 7.15. The Bertz CT molecular complexity index is 525. The van der Waals surface area contributed by atoms with Gasteiger partial charge < -0.3 is 15.0 Å². The Morgan fingerprint density at radius 2 is 2.09 bits per heavy atom. The number of rotatable bonds is 4. The summed E-state index contributed by atoms with van der Waals surface area (Å²) in [5, 5.41) is 2.92. The molecule has 2 rings (SSSR count). The maximum absolute atomic E-state index is 13.0. The van der Waals surface area contributed by atoms with Crippen molar-refractivity contribution in [3.05, 3.63) is 10.6 Å². The van der Waals surface area contributed by atoms with Gasteiger partial charge in [0, 0.05) is 13.1 Å². The second-order valence-corrected chi connectivity index (χ2v) is 6.11. The van der Waals surface area contributed by atoms with Gasteiger partial charge in [0.15, 0.2) is 5.69 Å². The molecule has 1 saturated heterocycles. The maximum atomic E-state index is 13.0. The lowest BCUT2D eigenvalue weighted by molar-refractivity contribution is -0.141. The molecule has 1 N–H and O–H groups in total. The Kier molecular flexibility index (Phi) is 5.28. The molecule has 1 aromatic rings. The fourth-order valence-electron chi connectivity index (χ4n) is 2.50. The van der Waals surface area contributed by atoms with Gasteiger partial charge >= 0.3 is 6.18 Å². The van der Waals surface area contributed by atoms with Crippen molar-refractivity contribution in [3.8, 4) is 5.19 Å². The number of ether oxygens (including phenoxy) is 1. The first-order valence-electron chi connectivity index (χ1n) is 6.92. The minimum Gasteiger partial charge on any atom is -0.473 e. The van der Waals surface area contributed by atoms with Crippen LogP contribution in [0.4, 0.5) is 13.2 Å². The Labute approximate surface area is 130 Å². The molecule has 0 aromatic carbocycles. The Morgan fingerprint density at radius 1 is 1.45 bits per heavy atom. The van der Waals surface area contributed by atoms with Crippen LogP contribution in [0, 0.1) is 5.92 Å². The SMILES string of the molecule is CNCC1CCN(C(=O)c2sc(OC)nc2C(F)(F)F)CC1. The molecule has 1 amide bonds. The predicted molar refractivity (Wildman–Crippen MR) is 76.2 cm³/mol. The number of amides is 1. The summed E-state index contributed by atoms with van der Waals surface area (Å²) in [6.07, 6.45) is -3.10. The number of carbonyl (C=O) groups excluding carboxylic acids is 1. The number of carbonyl (C=O) groups is 1. The molecule has 0 saturated carbocycles. The molecular formula is C13H18F3N3O2S. The van der Waals surface area contributed by atoms with E-state index in [1.165, 1.54) is 12.0 Å². The fraction of sp³-hybridized carbons (Fsp3) is 0.692. The van der Waals surface area contributed by atoms with E-state index in [1.54, 1.807) is 0 Å². The third-order valence-corrected chi connectivity index (χ3v) is 4.64. The molecule has 124 valence electrons. The number of methoxy groups -OCH3 is 1. The van der Waals surface area contributed by atoms with Crippen LogP contribution in [0.2, 0.25) is 0 Å². The Morgan fingerprint density at radius 3 is 2.59 bits per heavy atom. The zero-order valence-electron chi connectivity index (χ0n) is 12.4. The van der Waals surface area contributed by atoms with Gasteiger partial charge in [-0.3, -0.25) is 4.79 Å². The van der Waals surface area contributed by atoms with Crippen LogP contribution in [0.3, 0.4) is 0 Å². The van der Waals surface area contributed by atoms with Gasteiger partial charge in [-0.05, 0) is 32.4 Å². The molecule has 9 heteroatoms. The molecule has 0 spiro atoms. The van der Waals surface area contributed by atoms with E-state index >= 15 is 0 Å². The lowest BCUT2D eigenvalue weighted by Crippen LogP contribution is -2.40. The molecule has 1 aromatic heterocycles.